The Hall–Kier alpha value is -1.88. The van der Waals surface area contributed by atoms with Crippen molar-refractivity contribution in [2.75, 3.05) is 0 Å². The Morgan fingerprint density at radius 1 is 1.33 bits per heavy atom. The van der Waals surface area contributed by atoms with Gasteiger partial charge in [-0.25, -0.2) is 4.39 Å². The van der Waals surface area contributed by atoms with E-state index in [4.69, 9.17) is 4.74 Å². The van der Waals surface area contributed by atoms with Gasteiger partial charge in [-0.2, -0.15) is 5.10 Å². The van der Waals surface area contributed by atoms with E-state index in [0.29, 0.717) is 24.1 Å². The summed E-state index contributed by atoms with van der Waals surface area (Å²) in [6.07, 6.45) is 2.40. The minimum Gasteiger partial charge on any atom is -0.450 e. The van der Waals surface area contributed by atoms with Crippen LogP contribution in [-0.4, -0.2) is 15.8 Å². The fourth-order valence-electron chi connectivity index (χ4n) is 2.35. The van der Waals surface area contributed by atoms with Crippen LogP contribution in [0.2, 0.25) is 0 Å². The second kappa shape index (κ2) is 5.48. The molecule has 0 atom stereocenters. The number of ether oxygens (including phenoxy) is 1. The van der Waals surface area contributed by atoms with Gasteiger partial charge in [0, 0.05) is 25.2 Å². The molecule has 1 aromatic carbocycles. The van der Waals surface area contributed by atoms with Crippen LogP contribution in [0, 0.1) is 19.7 Å². The van der Waals surface area contributed by atoms with Gasteiger partial charge in [0.1, 0.15) is 5.69 Å². The van der Waals surface area contributed by atoms with Crippen LogP contribution in [0.3, 0.4) is 0 Å². The van der Waals surface area contributed by atoms with Crippen LogP contribution >= 0.6 is 0 Å². The van der Waals surface area contributed by atoms with E-state index in [0.717, 1.165) is 17.0 Å². The van der Waals surface area contributed by atoms with E-state index in [2.05, 4.69) is 10.4 Å². The molecule has 1 saturated carbocycles. The first-order chi connectivity index (χ1) is 10.1. The van der Waals surface area contributed by atoms with Crippen molar-refractivity contribution in [3.8, 4) is 11.5 Å². The summed E-state index contributed by atoms with van der Waals surface area (Å²) in [6, 6.07) is 5.61. The van der Waals surface area contributed by atoms with Crippen molar-refractivity contribution in [3.63, 3.8) is 0 Å². The third-order valence-electron chi connectivity index (χ3n) is 3.85. The number of aromatic nitrogens is 2. The maximum absolute atomic E-state index is 14.2. The summed E-state index contributed by atoms with van der Waals surface area (Å²) in [5, 5.41) is 7.70. The zero-order valence-corrected chi connectivity index (χ0v) is 12.6. The van der Waals surface area contributed by atoms with E-state index in [1.54, 1.807) is 10.7 Å². The lowest BCUT2D eigenvalue weighted by molar-refractivity contribution is 0.427. The highest BCUT2D eigenvalue weighted by Gasteiger charge is 2.22. The van der Waals surface area contributed by atoms with E-state index in [-0.39, 0.29) is 5.82 Å². The van der Waals surface area contributed by atoms with Crippen LogP contribution in [0.4, 0.5) is 4.39 Å². The van der Waals surface area contributed by atoms with Gasteiger partial charge < -0.3 is 10.1 Å². The third-order valence-corrected chi connectivity index (χ3v) is 3.85. The molecule has 1 N–H and O–H groups in total. The number of halogens is 1. The van der Waals surface area contributed by atoms with Crippen molar-refractivity contribution in [2.45, 2.75) is 39.3 Å². The van der Waals surface area contributed by atoms with Gasteiger partial charge in [0.15, 0.2) is 17.3 Å². The van der Waals surface area contributed by atoms with Crippen LogP contribution in [0.15, 0.2) is 18.2 Å². The van der Waals surface area contributed by atoms with Crippen molar-refractivity contribution in [1.29, 1.82) is 0 Å². The van der Waals surface area contributed by atoms with Crippen LogP contribution in [-0.2, 0) is 13.6 Å². The summed E-state index contributed by atoms with van der Waals surface area (Å²) >= 11 is 0. The van der Waals surface area contributed by atoms with Crippen molar-refractivity contribution in [3.05, 3.63) is 41.0 Å². The van der Waals surface area contributed by atoms with Gasteiger partial charge in [-0.15, -0.1) is 0 Å². The number of hydrogen-bond donors (Lipinski definition) is 1. The summed E-state index contributed by atoms with van der Waals surface area (Å²) in [5.41, 5.74) is 2.49. The molecule has 0 unspecified atom stereocenters. The molecule has 0 saturated heterocycles. The number of hydrogen-bond acceptors (Lipinski definition) is 3. The third kappa shape index (κ3) is 2.93. The fourth-order valence-corrected chi connectivity index (χ4v) is 2.35. The molecule has 4 nitrogen and oxygen atoms in total. The summed E-state index contributed by atoms with van der Waals surface area (Å²) in [4.78, 5) is 0. The minimum atomic E-state index is -0.340. The number of para-hydroxylation sites is 1. The molecular weight excluding hydrogens is 269 g/mol. The Kier molecular flexibility index (Phi) is 3.68. The monoisotopic (exact) mass is 289 g/mol. The zero-order chi connectivity index (χ0) is 15.0. The maximum atomic E-state index is 14.2. The molecule has 1 heterocycles. The number of aryl methyl sites for hydroxylation is 2. The first-order valence-corrected chi connectivity index (χ1v) is 7.25. The molecule has 2 aromatic rings. The standard InChI is InChI=1S/C16H20FN3O/c1-10-15(11(2)20(3)19-10)21-16-12(5-4-6-14(16)17)9-18-13-7-8-13/h4-6,13,18H,7-9H2,1-3H3. The fraction of sp³-hybridized carbons (Fsp3) is 0.438. The molecule has 0 aliphatic heterocycles. The number of benzene rings is 1. The Balaban J connectivity index is 1.89. The smallest absolute Gasteiger partial charge is 0.171 e. The lowest BCUT2D eigenvalue weighted by Crippen LogP contribution is -2.16. The van der Waals surface area contributed by atoms with Gasteiger partial charge in [-0.1, -0.05) is 12.1 Å². The van der Waals surface area contributed by atoms with E-state index in [9.17, 15) is 4.39 Å². The number of rotatable bonds is 5. The zero-order valence-electron chi connectivity index (χ0n) is 12.6. The highest BCUT2D eigenvalue weighted by Crippen LogP contribution is 2.33. The van der Waals surface area contributed by atoms with E-state index in [1.165, 1.54) is 18.9 Å². The Bertz CT molecular complexity index is 662. The molecule has 21 heavy (non-hydrogen) atoms. The molecule has 1 aliphatic rings. The summed E-state index contributed by atoms with van der Waals surface area (Å²) < 4.78 is 21.8. The van der Waals surface area contributed by atoms with Gasteiger partial charge in [-0.3, -0.25) is 4.68 Å². The molecule has 0 amide bonds. The Labute approximate surface area is 123 Å². The van der Waals surface area contributed by atoms with Crippen molar-refractivity contribution in [1.82, 2.24) is 15.1 Å². The van der Waals surface area contributed by atoms with E-state index >= 15 is 0 Å². The summed E-state index contributed by atoms with van der Waals surface area (Å²) in [5.74, 6) is 0.591. The molecule has 0 bridgehead atoms. The van der Waals surface area contributed by atoms with Crippen LogP contribution in [0.5, 0.6) is 11.5 Å². The Morgan fingerprint density at radius 3 is 2.71 bits per heavy atom. The molecule has 0 radical (unpaired) electrons. The molecule has 5 heteroatoms. The van der Waals surface area contributed by atoms with Gasteiger partial charge in [0.25, 0.3) is 0 Å². The normalized spacial score (nSPS) is 14.5. The highest BCUT2D eigenvalue weighted by molar-refractivity contribution is 5.42. The van der Waals surface area contributed by atoms with Crippen LogP contribution in [0.25, 0.3) is 0 Å². The lowest BCUT2D eigenvalue weighted by Gasteiger charge is -2.13. The summed E-state index contributed by atoms with van der Waals surface area (Å²) in [7, 11) is 1.85. The topological polar surface area (TPSA) is 39.1 Å². The lowest BCUT2D eigenvalue weighted by atomic mass is 10.2. The van der Waals surface area contributed by atoms with Gasteiger partial charge in [0.2, 0.25) is 0 Å². The molecule has 1 aliphatic carbocycles. The predicted molar refractivity (Wildman–Crippen MR) is 79.0 cm³/mol. The summed E-state index contributed by atoms with van der Waals surface area (Å²) in [6.45, 7) is 4.40. The average molecular weight is 289 g/mol. The first-order valence-electron chi connectivity index (χ1n) is 7.25. The average Bonchev–Trinajstić information content (AvgIpc) is 3.23. The van der Waals surface area contributed by atoms with E-state index < -0.39 is 0 Å². The maximum Gasteiger partial charge on any atom is 0.171 e. The number of nitrogens with one attached hydrogen (secondary N) is 1. The van der Waals surface area contributed by atoms with E-state index in [1.807, 2.05) is 27.0 Å². The largest absolute Gasteiger partial charge is 0.450 e. The van der Waals surface area contributed by atoms with Gasteiger partial charge >= 0.3 is 0 Å². The Morgan fingerprint density at radius 2 is 2.10 bits per heavy atom. The molecule has 1 fully saturated rings. The van der Waals surface area contributed by atoms with Gasteiger partial charge in [-0.05, 0) is 32.8 Å². The van der Waals surface area contributed by atoms with Crippen LogP contribution in [0.1, 0.15) is 29.8 Å². The van der Waals surface area contributed by atoms with Gasteiger partial charge in [0.05, 0.1) is 5.69 Å². The quantitative estimate of drug-likeness (QED) is 0.918. The second-order valence-electron chi connectivity index (χ2n) is 5.61. The molecule has 0 spiro atoms. The highest BCUT2D eigenvalue weighted by atomic mass is 19.1. The SMILES string of the molecule is Cc1nn(C)c(C)c1Oc1c(F)cccc1CNC1CC1. The molecule has 1 aromatic heterocycles. The van der Waals surface area contributed by atoms with Crippen molar-refractivity contribution >= 4 is 0 Å². The van der Waals surface area contributed by atoms with Crippen molar-refractivity contribution < 1.29 is 9.13 Å². The molecule has 112 valence electrons. The molecule has 3 rings (SSSR count). The van der Waals surface area contributed by atoms with Crippen molar-refractivity contribution in [2.24, 2.45) is 7.05 Å². The predicted octanol–water partition coefficient (Wildman–Crippen LogP) is 3.22. The number of nitrogens with zero attached hydrogens (tertiary/aromatic N) is 2. The van der Waals surface area contributed by atoms with Crippen LogP contribution < -0.4 is 10.1 Å². The second-order valence-corrected chi connectivity index (χ2v) is 5.61. The minimum absolute atomic E-state index is 0.296. The first kappa shape index (κ1) is 14.1. The molecular formula is C16H20FN3O.